The summed E-state index contributed by atoms with van der Waals surface area (Å²) in [6, 6.07) is 6.37. The zero-order valence-electron chi connectivity index (χ0n) is 7.00. The van der Waals surface area contributed by atoms with Crippen LogP contribution in [-0.2, 0) is 6.54 Å². The Bertz CT molecular complexity index is 420. The van der Waals surface area contributed by atoms with E-state index in [0.717, 1.165) is 10.9 Å². The minimum absolute atomic E-state index is 0.285. The van der Waals surface area contributed by atoms with Gasteiger partial charge in [-0.1, -0.05) is 0 Å². The summed E-state index contributed by atoms with van der Waals surface area (Å²) in [6.45, 7) is -0.146. The lowest BCUT2D eigenvalue weighted by molar-refractivity contribution is 0.450. The van der Waals surface area contributed by atoms with E-state index in [1.807, 2.05) is 6.07 Å². The summed E-state index contributed by atoms with van der Waals surface area (Å²) in [4.78, 5) is 0. The summed E-state index contributed by atoms with van der Waals surface area (Å²) in [5, 5.41) is 0.940. The van der Waals surface area contributed by atoms with E-state index in [-0.39, 0.29) is 12.4 Å². The lowest BCUT2D eigenvalue weighted by Gasteiger charge is -2.00. The molecule has 0 unspecified atom stereocenters. The third-order valence-corrected chi connectivity index (χ3v) is 2.06. The molecule has 68 valence electrons. The lowest BCUT2D eigenvalue weighted by atomic mass is 10.2. The van der Waals surface area contributed by atoms with Gasteiger partial charge in [0, 0.05) is 6.20 Å². The second-order valence-corrected chi connectivity index (χ2v) is 2.90. The predicted octanol–water partition coefficient (Wildman–Crippen LogP) is 2.75. The highest BCUT2D eigenvalue weighted by Crippen LogP contribution is 2.16. The Kier molecular flexibility index (Phi) is 2.00. The fourth-order valence-electron chi connectivity index (χ4n) is 1.44. The van der Waals surface area contributed by atoms with Gasteiger partial charge in [-0.3, -0.25) is 0 Å². The van der Waals surface area contributed by atoms with Crippen LogP contribution in [0.25, 0.3) is 10.9 Å². The van der Waals surface area contributed by atoms with Gasteiger partial charge in [-0.25, -0.2) is 8.78 Å². The summed E-state index contributed by atoms with van der Waals surface area (Å²) < 4.78 is 26.6. The molecule has 1 aromatic carbocycles. The van der Waals surface area contributed by atoms with Gasteiger partial charge in [0.1, 0.15) is 12.5 Å². The quantitative estimate of drug-likeness (QED) is 0.671. The highest BCUT2D eigenvalue weighted by atomic mass is 19.1. The molecular formula is C10H9F2N. The average Bonchev–Trinajstić information content (AvgIpc) is 2.49. The Morgan fingerprint density at radius 1 is 1.23 bits per heavy atom. The van der Waals surface area contributed by atoms with Crippen molar-refractivity contribution in [3.63, 3.8) is 0 Å². The van der Waals surface area contributed by atoms with Crippen molar-refractivity contribution in [3.05, 3.63) is 36.3 Å². The Hall–Kier alpha value is -1.38. The maximum absolute atomic E-state index is 12.8. The first kappa shape index (κ1) is 8.23. The summed E-state index contributed by atoms with van der Waals surface area (Å²) in [6.07, 6.45) is 1.77. The van der Waals surface area contributed by atoms with E-state index in [2.05, 4.69) is 0 Å². The standard InChI is InChI=1S/C10H9F2N/c11-4-6-13-5-3-8-1-2-9(12)7-10(8)13/h1-3,5,7H,4,6H2. The molecule has 0 saturated heterocycles. The molecule has 0 radical (unpaired) electrons. The van der Waals surface area contributed by atoms with Crippen LogP contribution in [-0.4, -0.2) is 11.2 Å². The minimum Gasteiger partial charge on any atom is -0.345 e. The fraction of sp³-hybridized carbons (Fsp3) is 0.200. The van der Waals surface area contributed by atoms with Crippen molar-refractivity contribution in [2.24, 2.45) is 0 Å². The zero-order valence-corrected chi connectivity index (χ0v) is 7.00. The van der Waals surface area contributed by atoms with E-state index in [9.17, 15) is 8.78 Å². The Labute approximate surface area is 74.6 Å². The van der Waals surface area contributed by atoms with Gasteiger partial charge in [0.15, 0.2) is 0 Å². The van der Waals surface area contributed by atoms with Crippen molar-refractivity contribution < 1.29 is 8.78 Å². The molecule has 1 aromatic heterocycles. The number of rotatable bonds is 2. The van der Waals surface area contributed by atoms with Crippen molar-refractivity contribution in [2.45, 2.75) is 6.54 Å². The van der Waals surface area contributed by atoms with Gasteiger partial charge in [-0.2, -0.15) is 0 Å². The van der Waals surface area contributed by atoms with Crippen molar-refractivity contribution in [2.75, 3.05) is 6.67 Å². The van der Waals surface area contributed by atoms with E-state index in [1.54, 1.807) is 16.8 Å². The van der Waals surface area contributed by atoms with Crippen molar-refractivity contribution in [3.8, 4) is 0 Å². The van der Waals surface area contributed by atoms with Crippen LogP contribution in [0.5, 0.6) is 0 Å². The molecule has 0 bridgehead atoms. The summed E-state index contributed by atoms with van der Waals surface area (Å²) in [7, 11) is 0. The first-order valence-corrected chi connectivity index (χ1v) is 4.11. The van der Waals surface area contributed by atoms with Gasteiger partial charge in [-0.15, -0.1) is 0 Å². The van der Waals surface area contributed by atoms with Crippen LogP contribution in [0.3, 0.4) is 0 Å². The Balaban J connectivity index is 2.58. The number of nitrogens with zero attached hydrogens (tertiary/aromatic N) is 1. The van der Waals surface area contributed by atoms with Gasteiger partial charge in [0.2, 0.25) is 0 Å². The normalized spacial score (nSPS) is 10.9. The molecular weight excluding hydrogens is 172 g/mol. The maximum atomic E-state index is 12.8. The monoisotopic (exact) mass is 181 g/mol. The van der Waals surface area contributed by atoms with Crippen LogP contribution in [0.1, 0.15) is 0 Å². The van der Waals surface area contributed by atoms with E-state index in [0.29, 0.717) is 0 Å². The molecule has 13 heavy (non-hydrogen) atoms. The summed E-state index contributed by atoms with van der Waals surface area (Å²) in [5.74, 6) is -0.286. The predicted molar refractivity (Wildman–Crippen MR) is 47.9 cm³/mol. The molecule has 1 heterocycles. The number of aryl methyl sites for hydroxylation is 1. The molecule has 0 aliphatic heterocycles. The highest BCUT2D eigenvalue weighted by Gasteiger charge is 2.01. The van der Waals surface area contributed by atoms with E-state index < -0.39 is 6.67 Å². The van der Waals surface area contributed by atoms with Gasteiger partial charge < -0.3 is 4.57 Å². The van der Waals surface area contributed by atoms with E-state index in [1.165, 1.54) is 12.1 Å². The second-order valence-electron chi connectivity index (χ2n) is 2.90. The average molecular weight is 181 g/mol. The Morgan fingerprint density at radius 3 is 2.85 bits per heavy atom. The topological polar surface area (TPSA) is 4.93 Å². The van der Waals surface area contributed by atoms with Crippen LogP contribution in [0.15, 0.2) is 30.5 Å². The highest BCUT2D eigenvalue weighted by molar-refractivity contribution is 5.80. The zero-order chi connectivity index (χ0) is 9.26. The second kappa shape index (κ2) is 3.17. The fourth-order valence-corrected chi connectivity index (χ4v) is 1.44. The molecule has 3 heteroatoms. The molecule has 0 aliphatic rings. The maximum Gasteiger partial charge on any atom is 0.125 e. The number of hydrogen-bond acceptors (Lipinski definition) is 0. The van der Waals surface area contributed by atoms with E-state index in [4.69, 9.17) is 0 Å². The number of aromatic nitrogens is 1. The molecule has 0 N–H and O–H groups in total. The molecule has 1 nitrogen and oxygen atoms in total. The first-order valence-electron chi connectivity index (χ1n) is 4.11. The molecule has 2 aromatic rings. The molecule has 0 spiro atoms. The number of fused-ring (bicyclic) bond motifs is 1. The SMILES string of the molecule is FCCn1ccc2ccc(F)cc21. The number of alkyl halides is 1. The summed E-state index contributed by atoms with van der Waals surface area (Å²) in [5.41, 5.74) is 0.748. The molecule has 0 aliphatic carbocycles. The van der Waals surface area contributed by atoms with Crippen LogP contribution >= 0.6 is 0 Å². The number of benzene rings is 1. The van der Waals surface area contributed by atoms with E-state index >= 15 is 0 Å². The molecule has 0 amide bonds. The Morgan fingerprint density at radius 2 is 2.08 bits per heavy atom. The van der Waals surface area contributed by atoms with Crippen LogP contribution in [0.2, 0.25) is 0 Å². The molecule has 0 atom stereocenters. The molecule has 0 fully saturated rings. The third-order valence-electron chi connectivity index (χ3n) is 2.06. The van der Waals surface area contributed by atoms with Crippen LogP contribution in [0, 0.1) is 5.82 Å². The minimum atomic E-state index is -0.430. The van der Waals surface area contributed by atoms with Gasteiger partial charge in [0.05, 0.1) is 12.1 Å². The number of hydrogen-bond donors (Lipinski definition) is 0. The van der Waals surface area contributed by atoms with Crippen molar-refractivity contribution >= 4 is 10.9 Å². The van der Waals surface area contributed by atoms with Gasteiger partial charge in [-0.05, 0) is 29.7 Å². The van der Waals surface area contributed by atoms with Crippen LogP contribution < -0.4 is 0 Å². The van der Waals surface area contributed by atoms with Gasteiger partial charge >= 0.3 is 0 Å². The van der Waals surface area contributed by atoms with Crippen LogP contribution in [0.4, 0.5) is 8.78 Å². The third kappa shape index (κ3) is 1.41. The van der Waals surface area contributed by atoms with Gasteiger partial charge in [0.25, 0.3) is 0 Å². The lowest BCUT2D eigenvalue weighted by Crippen LogP contribution is -1.96. The molecule has 0 saturated carbocycles. The molecule has 2 rings (SSSR count). The number of halogens is 2. The van der Waals surface area contributed by atoms with Crippen molar-refractivity contribution in [1.29, 1.82) is 0 Å². The summed E-state index contributed by atoms with van der Waals surface area (Å²) >= 11 is 0. The van der Waals surface area contributed by atoms with Crippen molar-refractivity contribution in [1.82, 2.24) is 4.57 Å². The first-order chi connectivity index (χ1) is 6.31. The smallest absolute Gasteiger partial charge is 0.125 e. The largest absolute Gasteiger partial charge is 0.345 e.